The van der Waals surface area contributed by atoms with Crippen LogP contribution in [0.25, 0.3) is 0 Å². The van der Waals surface area contributed by atoms with Crippen molar-refractivity contribution in [1.82, 2.24) is 4.90 Å². The van der Waals surface area contributed by atoms with E-state index in [1.54, 1.807) is 7.11 Å². The van der Waals surface area contributed by atoms with E-state index in [4.69, 9.17) is 4.74 Å². The van der Waals surface area contributed by atoms with Gasteiger partial charge in [0.15, 0.2) is 0 Å². The molecular weight excluding hydrogens is 408 g/mol. The van der Waals surface area contributed by atoms with E-state index in [9.17, 15) is 4.79 Å². The molecule has 5 rings (SSSR count). The highest BCUT2D eigenvalue weighted by Crippen LogP contribution is 2.48. The van der Waals surface area contributed by atoms with Crippen LogP contribution < -0.4 is 9.64 Å². The Morgan fingerprint density at radius 1 is 0.909 bits per heavy atom. The molecule has 3 aromatic rings. The van der Waals surface area contributed by atoms with Gasteiger partial charge in [-0.15, -0.1) is 0 Å². The maximum absolute atomic E-state index is 13.4. The topological polar surface area (TPSA) is 32.8 Å². The van der Waals surface area contributed by atoms with Gasteiger partial charge in [-0.3, -0.25) is 9.69 Å². The number of amides is 1. The lowest BCUT2D eigenvalue weighted by Gasteiger charge is -2.40. The minimum absolute atomic E-state index is 0.0134. The van der Waals surface area contributed by atoms with Gasteiger partial charge in [0.2, 0.25) is 5.91 Å². The van der Waals surface area contributed by atoms with Gasteiger partial charge in [-0.2, -0.15) is 0 Å². The molecule has 0 aliphatic carbocycles. The van der Waals surface area contributed by atoms with Crippen molar-refractivity contribution in [2.45, 2.75) is 37.6 Å². The van der Waals surface area contributed by atoms with Gasteiger partial charge in [-0.05, 0) is 67.2 Å². The molecule has 4 heteroatoms. The first kappa shape index (κ1) is 21.7. The molecule has 0 aromatic heterocycles. The Kier molecular flexibility index (Phi) is 6.19. The molecule has 3 aromatic carbocycles. The minimum Gasteiger partial charge on any atom is -0.497 e. The number of carbonyl (C=O) groups is 1. The van der Waals surface area contributed by atoms with Gasteiger partial charge in [-0.25, -0.2) is 0 Å². The minimum atomic E-state index is 0.0134. The average molecular weight is 441 g/mol. The number of benzene rings is 3. The van der Waals surface area contributed by atoms with Crippen molar-refractivity contribution in [3.05, 3.63) is 95.6 Å². The zero-order chi connectivity index (χ0) is 22.7. The molecular formula is C29H32N2O2. The van der Waals surface area contributed by atoms with Crippen LogP contribution in [0.5, 0.6) is 5.75 Å². The van der Waals surface area contributed by atoms with E-state index >= 15 is 0 Å². The number of ether oxygens (including phenoxy) is 1. The Balaban J connectivity index is 1.33. The monoisotopic (exact) mass is 440 g/mol. The largest absolute Gasteiger partial charge is 0.497 e. The van der Waals surface area contributed by atoms with Crippen molar-refractivity contribution in [2.75, 3.05) is 31.6 Å². The van der Waals surface area contributed by atoms with E-state index in [2.05, 4.69) is 59.5 Å². The Morgan fingerprint density at radius 2 is 1.58 bits per heavy atom. The van der Waals surface area contributed by atoms with E-state index in [0.717, 1.165) is 56.9 Å². The number of hydrogen-bond acceptors (Lipinski definition) is 3. The lowest BCUT2D eigenvalue weighted by Crippen LogP contribution is -2.45. The Hall–Kier alpha value is -3.11. The summed E-state index contributed by atoms with van der Waals surface area (Å²) in [4.78, 5) is 17.9. The number of fused-ring (bicyclic) bond motifs is 2. The van der Waals surface area contributed by atoms with E-state index < -0.39 is 0 Å². The number of nitrogens with zero attached hydrogens (tertiary/aromatic N) is 2. The third-order valence-corrected chi connectivity index (χ3v) is 7.36. The smallest absolute Gasteiger partial charge is 0.227 e. The van der Waals surface area contributed by atoms with Crippen molar-refractivity contribution in [1.29, 1.82) is 0 Å². The van der Waals surface area contributed by atoms with E-state index in [1.807, 2.05) is 29.2 Å². The number of likely N-dealkylation sites (tertiary alicyclic amines) is 1. The summed E-state index contributed by atoms with van der Waals surface area (Å²) < 4.78 is 5.56. The Morgan fingerprint density at radius 3 is 2.24 bits per heavy atom. The van der Waals surface area contributed by atoms with Gasteiger partial charge in [0, 0.05) is 30.6 Å². The van der Waals surface area contributed by atoms with Crippen molar-refractivity contribution in [3.8, 4) is 5.75 Å². The van der Waals surface area contributed by atoms with Gasteiger partial charge in [0.05, 0.1) is 7.11 Å². The summed E-state index contributed by atoms with van der Waals surface area (Å²) >= 11 is 0. The fourth-order valence-electron chi connectivity index (χ4n) is 5.44. The zero-order valence-electron chi connectivity index (χ0n) is 19.4. The Bertz CT molecular complexity index is 1090. The average Bonchev–Trinajstić information content (AvgIpc) is 3.18. The summed E-state index contributed by atoms with van der Waals surface area (Å²) in [6.07, 6.45) is 3.43. The second-order valence-corrected chi connectivity index (χ2v) is 9.39. The zero-order valence-corrected chi connectivity index (χ0v) is 19.4. The highest BCUT2D eigenvalue weighted by Gasteiger charge is 2.46. The van der Waals surface area contributed by atoms with E-state index in [0.29, 0.717) is 6.42 Å². The van der Waals surface area contributed by atoms with Crippen LogP contribution in [-0.4, -0.2) is 37.6 Å². The van der Waals surface area contributed by atoms with Gasteiger partial charge >= 0.3 is 0 Å². The van der Waals surface area contributed by atoms with Crippen molar-refractivity contribution in [2.24, 2.45) is 0 Å². The lowest BCUT2D eigenvalue weighted by atomic mass is 9.74. The van der Waals surface area contributed by atoms with Crippen LogP contribution in [0, 0.1) is 0 Å². The van der Waals surface area contributed by atoms with Gasteiger partial charge in [0.1, 0.15) is 5.75 Å². The van der Waals surface area contributed by atoms with Gasteiger partial charge < -0.3 is 9.64 Å². The number of aryl methyl sites for hydroxylation is 1. The summed E-state index contributed by atoms with van der Waals surface area (Å²) in [5.74, 6) is 1.09. The molecule has 1 fully saturated rings. The number of anilines is 1. The molecule has 0 atom stereocenters. The van der Waals surface area contributed by atoms with Gasteiger partial charge in [-0.1, -0.05) is 60.7 Å². The summed E-state index contributed by atoms with van der Waals surface area (Å²) in [6, 6.07) is 27.2. The maximum atomic E-state index is 13.4. The molecule has 0 unspecified atom stereocenters. The highest BCUT2D eigenvalue weighted by molar-refractivity contribution is 5.96. The van der Waals surface area contributed by atoms with Crippen LogP contribution in [0.2, 0.25) is 0 Å². The van der Waals surface area contributed by atoms with Crippen molar-refractivity contribution >= 4 is 11.6 Å². The maximum Gasteiger partial charge on any atom is 0.227 e. The fourth-order valence-corrected chi connectivity index (χ4v) is 5.44. The van der Waals surface area contributed by atoms with Crippen LogP contribution >= 0.6 is 0 Å². The SMILES string of the molecule is COc1ccc2c(c1)C1(CCN(Cc3ccccc3)CC1)CN2C(=O)CCc1ccccc1. The van der Waals surface area contributed by atoms with Crippen LogP contribution in [0.3, 0.4) is 0 Å². The standard InChI is InChI=1S/C29H32N2O2/c1-33-25-13-14-27-26(20-25)29(16-18-30(19-17-29)21-24-10-6-3-7-11-24)22-31(27)28(32)15-12-23-8-4-2-5-9-23/h2-11,13-14,20H,12,15-19,21-22H2,1H3. The lowest BCUT2D eigenvalue weighted by molar-refractivity contribution is -0.118. The van der Waals surface area contributed by atoms with Crippen LogP contribution in [0.1, 0.15) is 36.0 Å². The van der Waals surface area contributed by atoms with E-state index in [-0.39, 0.29) is 11.3 Å². The van der Waals surface area contributed by atoms with Crippen LogP contribution in [0.4, 0.5) is 5.69 Å². The number of methoxy groups -OCH3 is 1. The molecule has 33 heavy (non-hydrogen) atoms. The first-order valence-corrected chi connectivity index (χ1v) is 12.0. The molecule has 0 radical (unpaired) electrons. The number of hydrogen-bond donors (Lipinski definition) is 0. The molecule has 170 valence electrons. The molecule has 2 aliphatic heterocycles. The summed E-state index contributed by atoms with van der Waals surface area (Å²) in [7, 11) is 1.72. The normalized spacial score (nSPS) is 17.2. The second-order valence-electron chi connectivity index (χ2n) is 9.39. The summed E-state index contributed by atoms with van der Waals surface area (Å²) in [5.41, 5.74) is 4.95. The number of rotatable bonds is 6. The van der Waals surface area contributed by atoms with Crippen LogP contribution in [0.15, 0.2) is 78.9 Å². The predicted octanol–water partition coefficient (Wildman–Crippen LogP) is 5.21. The summed E-state index contributed by atoms with van der Waals surface area (Å²) in [6.45, 7) is 3.85. The Labute approximate surface area is 196 Å². The molecule has 1 amide bonds. The first-order valence-electron chi connectivity index (χ1n) is 12.0. The second kappa shape index (κ2) is 9.40. The molecule has 2 aliphatic rings. The van der Waals surface area contributed by atoms with Crippen molar-refractivity contribution in [3.63, 3.8) is 0 Å². The molecule has 1 spiro atoms. The third-order valence-electron chi connectivity index (χ3n) is 7.36. The molecule has 0 saturated carbocycles. The summed E-state index contributed by atoms with van der Waals surface area (Å²) in [5, 5.41) is 0. The van der Waals surface area contributed by atoms with Crippen molar-refractivity contribution < 1.29 is 9.53 Å². The quantitative estimate of drug-likeness (QED) is 0.528. The molecule has 4 nitrogen and oxygen atoms in total. The third kappa shape index (κ3) is 4.53. The molecule has 2 heterocycles. The van der Waals surface area contributed by atoms with E-state index in [1.165, 1.54) is 16.7 Å². The molecule has 1 saturated heterocycles. The molecule has 0 bridgehead atoms. The van der Waals surface area contributed by atoms with Gasteiger partial charge in [0.25, 0.3) is 0 Å². The predicted molar refractivity (Wildman–Crippen MR) is 133 cm³/mol. The first-order chi connectivity index (χ1) is 16.2. The molecule has 0 N–H and O–H groups in total. The fraction of sp³-hybridized carbons (Fsp3) is 0.345. The van der Waals surface area contributed by atoms with Crippen LogP contribution in [-0.2, 0) is 23.2 Å². The number of carbonyl (C=O) groups excluding carboxylic acids is 1. The number of piperidine rings is 1. The highest BCUT2D eigenvalue weighted by atomic mass is 16.5.